The van der Waals surface area contributed by atoms with Gasteiger partial charge in [-0.15, -0.1) is 11.3 Å². The molecule has 18 heavy (non-hydrogen) atoms. The average Bonchev–Trinajstić information content (AvgIpc) is 2.88. The van der Waals surface area contributed by atoms with Gasteiger partial charge in [0.1, 0.15) is 5.82 Å². The minimum Gasteiger partial charge on any atom is -0.364 e. The molecule has 2 aromatic rings. The van der Waals surface area contributed by atoms with Gasteiger partial charge < -0.3 is 5.32 Å². The number of aryl methyl sites for hydroxylation is 3. The van der Waals surface area contributed by atoms with Crippen molar-refractivity contribution in [3.8, 4) is 0 Å². The van der Waals surface area contributed by atoms with Gasteiger partial charge in [-0.1, -0.05) is 0 Å². The first-order valence-electron chi connectivity index (χ1n) is 6.19. The largest absolute Gasteiger partial charge is 0.364 e. The Kier molecular flexibility index (Phi) is 3.39. The predicted octanol–water partition coefficient (Wildman–Crippen LogP) is 4.31. The second-order valence-corrected chi connectivity index (χ2v) is 6.79. The number of hydrogen-bond donors (Lipinski definition) is 1. The molecule has 0 radical (unpaired) electrons. The molecule has 1 aliphatic carbocycles. The molecule has 0 atom stereocenters. The van der Waals surface area contributed by atoms with E-state index in [1.165, 1.54) is 29.7 Å². The summed E-state index contributed by atoms with van der Waals surface area (Å²) < 4.78 is 1.03. The highest BCUT2D eigenvalue weighted by Gasteiger charge is 2.14. The molecule has 0 aliphatic heterocycles. The quantitative estimate of drug-likeness (QED) is 0.910. The van der Waals surface area contributed by atoms with Gasteiger partial charge in [-0.2, -0.15) is 0 Å². The lowest BCUT2D eigenvalue weighted by Gasteiger charge is -2.06. The van der Waals surface area contributed by atoms with Crippen LogP contribution in [0, 0.1) is 6.92 Å². The lowest BCUT2D eigenvalue weighted by Crippen LogP contribution is -2.00. The van der Waals surface area contributed by atoms with Crippen molar-refractivity contribution < 1.29 is 0 Å². The molecule has 0 bridgehead atoms. The SMILES string of the molecule is Cc1cnc(NCc2cc3c(s2)CCC3)c(Br)c1. The first kappa shape index (κ1) is 12.2. The number of anilines is 1. The molecule has 0 aromatic carbocycles. The van der Waals surface area contributed by atoms with Crippen molar-refractivity contribution in [1.82, 2.24) is 4.98 Å². The summed E-state index contributed by atoms with van der Waals surface area (Å²) in [6, 6.07) is 4.44. The van der Waals surface area contributed by atoms with Gasteiger partial charge in [0.25, 0.3) is 0 Å². The molecule has 0 unspecified atom stereocenters. The highest BCUT2D eigenvalue weighted by molar-refractivity contribution is 9.10. The molecule has 94 valence electrons. The zero-order chi connectivity index (χ0) is 12.5. The van der Waals surface area contributed by atoms with Crippen LogP contribution in [0.1, 0.15) is 27.3 Å². The average molecular weight is 323 g/mol. The predicted molar refractivity (Wildman–Crippen MR) is 80.3 cm³/mol. The fourth-order valence-electron chi connectivity index (χ4n) is 2.31. The van der Waals surface area contributed by atoms with E-state index in [2.05, 4.69) is 38.4 Å². The number of hydrogen-bond acceptors (Lipinski definition) is 3. The van der Waals surface area contributed by atoms with Gasteiger partial charge in [0, 0.05) is 16.0 Å². The van der Waals surface area contributed by atoms with E-state index in [9.17, 15) is 0 Å². The zero-order valence-corrected chi connectivity index (χ0v) is 12.7. The summed E-state index contributed by atoms with van der Waals surface area (Å²) in [6.45, 7) is 2.91. The molecule has 0 spiro atoms. The second-order valence-electron chi connectivity index (χ2n) is 4.71. The zero-order valence-electron chi connectivity index (χ0n) is 10.3. The van der Waals surface area contributed by atoms with Crippen molar-refractivity contribution >= 4 is 33.1 Å². The normalized spacial score (nSPS) is 13.7. The summed E-state index contributed by atoms with van der Waals surface area (Å²) >= 11 is 5.49. The topological polar surface area (TPSA) is 24.9 Å². The maximum absolute atomic E-state index is 4.40. The van der Waals surface area contributed by atoms with Crippen LogP contribution in [0.4, 0.5) is 5.82 Å². The van der Waals surface area contributed by atoms with E-state index in [4.69, 9.17) is 0 Å². The highest BCUT2D eigenvalue weighted by atomic mass is 79.9. The molecule has 1 N–H and O–H groups in total. The van der Waals surface area contributed by atoms with E-state index in [1.54, 1.807) is 10.4 Å². The van der Waals surface area contributed by atoms with Crippen LogP contribution in [0.5, 0.6) is 0 Å². The number of pyridine rings is 1. The number of fused-ring (bicyclic) bond motifs is 1. The standard InChI is InChI=1S/C14H15BrN2S/c1-9-5-12(15)14(16-7-9)17-8-11-6-10-3-2-4-13(10)18-11/h5-7H,2-4,8H2,1H3,(H,16,17). The van der Waals surface area contributed by atoms with E-state index in [-0.39, 0.29) is 0 Å². The van der Waals surface area contributed by atoms with Crippen LogP contribution in [0.3, 0.4) is 0 Å². The Labute approximate surface area is 120 Å². The van der Waals surface area contributed by atoms with Crippen LogP contribution in [0.2, 0.25) is 0 Å². The van der Waals surface area contributed by atoms with Gasteiger partial charge in [0.15, 0.2) is 0 Å². The third kappa shape index (κ3) is 2.45. The molecule has 0 amide bonds. The molecule has 0 fully saturated rings. The minimum atomic E-state index is 0.867. The van der Waals surface area contributed by atoms with Crippen molar-refractivity contribution in [1.29, 1.82) is 0 Å². The molecule has 4 heteroatoms. The molecule has 2 aromatic heterocycles. The Hall–Kier alpha value is -0.870. The number of rotatable bonds is 3. The lowest BCUT2D eigenvalue weighted by molar-refractivity contribution is 0.913. The maximum atomic E-state index is 4.40. The van der Waals surface area contributed by atoms with Gasteiger partial charge in [0.2, 0.25) is 0 Å². The number of thiophene rings is 1. The van der Waals surface area contributed by atoms with Crippen LogP contribution < -0.4 is 5.32 Å². The Morgan fingerprint density at radius 1 is 1.39 bits per heavy atom. The number of halogens is 1. The molecule has 0 saturated heterocycles. The molecule has 2 nitrogen and oxygen atoms in total. The van der Waals surface area contributed by atoms with Crippen molar-refractivity contribution in [3.05, 3.63) is 43.7 Å². The van der Waals surface area contributed by atoms with E-state index in [1.807, 2.05) is 24.5 Å². The van der Waals surface area contributed by atoms with Gasteiger partial charge in [-0.05, 0) is 65.4 Å². The first-order chi connectivity index (χ1) is 8.72. The smallest absolute Gasteiger partial charge is 0.140 e. The van der Waals surface area contributed by atoms with Gasteiger partial charge >= 0.3 is 0 Å². The van der Waals surface area contributed by atoms with Crippen LogP contribution >= 0.6 is 27.3 Å². The first-order valence-corrected chi connectivity index (χ1v) is 7.80. The van der Waals surface area contributed by atoms with Crippen LogP contribution in [0.25, 0.3) is 0 Å². The molecule has 0 saturated carbocycles. The molecule has 2 heterocycles. The Morgan fingerprint density at radius 3 is 3.06 bits per heavy atom. The Morgan fingerprint density at radius 2 is 2.28 bits per heavy atom. The third-order valence-electron chi connectivity index (χ3n) is 3.21. The number of nitrogens with one attached hydrogen (secondary N) is 1. The van der Waals surface area contributed by atoms with E-state index >= 15 is 0 Å². The van der Waals surface area contributed by atoms with E-state index in [0.717, 1.165) is 16.8 Å². The van der Waals surface area contributed by atoms with E-state index < -0.39 is 0 Å². The summed E-state index contributed by atoms with van der Waals surface area (Å²) in [5, 5.41) is 3.40. The Bertz CT molecular complexity index is 556. The van der Waals surface area contributed by atoms with Crippen molar-refractivity contribution in [2.24, 2.45) is 0 Å². The van der Waals surface area contributed by atoms with Crippen molar-refractivity contribution in [3.63, 3.8) is 0 Å². The van der Waals surface area contributed by atoms with Gasteiger partial charge in [-0.3, -0.25) is 0 Å². The Balaban J connectivity index is 1.70. The minimum absolute atomic E-state index is 0.867. The third-order valence-corrected chi connectivity index (χ3v) is 5.05. The molecule has 3 rings (SSSR count). The molecule has 1 aliphatic rings. The second kappa shape index (κ2) is 5.02. The highest BCUT2D eigenvalue weighted by Crippen LogP contribution is 2.31. The van der Waals surface area contributed by atoms with Gasteiger partial charge in [0.05, 0.1) is 11.0 Å². The molecular formula is C14H15BrN2S. The lowest BCUT2D eigenvalue weighted by atomic mass is 10.2. The summed E-state index contributed by atoms with van der Waals surface area (Å²) in [7, 11) is 0. The van der Waals surface area contributed by atoms with Crippen LogP contribution in [-0.4, -0.2) is 4.98 Å². The van der Waals surface area contributed by atoms with Crippen molar-refractivity contribution in [2.75, 3.05) is 5.32 Å². The maximum Gasteiger partial charge on any atom is 0.140 e. The summed E-state index contributed by atoms with van der Waals surface area (Å²) in [6.07, 6.45) is 5.76. The van der Waals surface area contributed by atoms with Crippen LogP contribution in [-0.2, 0) is 19.4 Å². The number of aromatic nitrogens is 1. The van der Waals surface area contributed by atoms with E-state index in [0.29, 0.717) is 0 Å². The molecular weight excluding hydrogens is 308 g/mol. The van der Waals surface area contributed by atoms with Gasteiger partial charge in [-0.25, -0.2) is 4.98 Å². The fourth-order valence-corrected chi connectivity index (χ4v) is 4.12. The summed E-state index contributed by atoms with van der Waals surface area (Å²) in [5.41, 5.74) is 2.73. The summed E-state index contributed by atoms with van der Waals surface area (Å²) in [4.78, 5) is 7.40. The van der Waals surface area contributed by atoms with Crippen molar-refractivity contribution in [2.45, 2.75) is 32.7 Å². The summed E-state index contributed by atoms with van der Waals surface area (Å²) in [5.74, 6) is 0.925. The number of nitrogens with zero attached hydrogens (tertiary/aromatic N) is 1. The monoisotopic (exact) mass is 322 g/mol. The van der Waals surface area contributed by atoms with Crippen LogP contribution in [0.15, 0.2) is 22.8 Å². The fraction of sp³-hybridized carbons (Fsp3) is 0.357.